The van der Waals surface area contributed by atoms with Gasteiger partial charge in [0.2, 0.25) is 0 Å². The summed E-state index contributed by atoms with van der Waals surface area (Å²) in [5, 5.41) is 9.78. The molecule has 23 heavy (non-hydrogen) atoms. The molecule has 0 bridgehead atoms. The van der Waals surface area contributed by atoms with Gasteiger partial charge in [0, 0.05) is 11.8 Å². The Bertz CT molecular complexity index is 761. The number of aromatic nitrogens is 1. The minimum absolute atomic E-state index is 0.401. The molecule has 1 unspecified atom stereocenters. The van der Waals surface area contributed by atoms with Crippen LogP contribution in [0.25, 0.3) is 12.2 Å². The summed E-state index contributed by atoms with van der Waals surface area (Å²) in [6, 6.07) is 11.7. The number of hydrogen-bond donors (Lipinski definition) is 2. The van der Waals surface area contributed by atoms with E-state index >= 15 is 0 Å². The van der Waals surface area contributed by atoms with E-state index in [2.05, 4.69) is 16.8 Å². The molecule has 0 saturated carbocycles. The van der Waals surface area contributed by atoms with Crippen LogP contribution in [-0.4, -0.2) is 27.3 Å². The Morgan fingerprint density at radius 2 is 2.13 bits per heavy atom. The monoisotopic (exact) mass is 307 g/mol. The zero-order valence-electron chi connectivity index (χ0n) is 12.7. The molecule has 0 aliphatic carbocycles. The van der Waals surface area contributed by atoms with Gasteiger partial charge in [-0.15, -0.1) is 0 Å². The van der Waals surface area contributed by atoms with Crippen molar-refractivity contribution >= 4 is 18.2 Å². The van der Waals surface area contributed by atoms with Crippen molar-refractivity contribution in [1.29, 1.82) is 0 Å². The molecule has 2 aromatic rings. The normalized spacial score (nSPS) is 11.6. The van der Waals surface area contributed by atoms with Gasteiger partial charge in [-0.1, -0.05) is 36.1 Å². The number of nitrogens with zero attached hydrogens (tertiary/aromatic N) is 2. The summed E-state index contributed by atoms with van der Waals surface area (Å²) in [6.45, 7) is 1.59. The standard InChI is InChI=1S/C18H17N3O2/c1-14(21(23)18(19)22)8-9-15-5-4-6-16(13-15)10-11-17-7-2-3-12-20-17/h2-7,10-14,23H,1H3,(H2,19,22)/b11-10+. The number of hydrogen-bond acceptors (Lipinski definition) is 3. The summed E-state index contributed by atoms with van der Waals surface area (Å²) in [5.74, 6) is 5.68. The first-order chi connectivity index (χ1) is 11.1. The van der Waals surface area contributed by atoms with E-state index in [9.17, 15) is 10.0 Å². The van der Waals surface area contributed by atoms with Crippen molar-refractivity contribution in [2.45, 2.75) is 13.0 Å². The number of amides is 2. The van der Waals surface area contributed by atoms with Crippen molar-refractivity contribution in [3.63, 3.8) is 0 Å². The van der Waals surface area contributed by atoms with Crippen molar-refractivity contribution < 1.29 is 10.0 Å². The van der Waals surface area contributed by atoms with Crippen molar-refractivity contribution in [1.82, 2.24) is 10.0 Å². The number of pyridine rings is 1. The number of benzene rings is 1. The van der Waals surface area contributed by atoms with Crippen LogP contribution in [0.3, 0.4) is 0 Å². The minimum atomic E-state index is -0.932. The van der Waals surface area contributed by atoms with Gasteiger partial charge in [0.1, 0.15) is 6.04 Å². The molecule has 0 aliphatic heterocycles. The molecule has 116 valence electrons. The van der Waals surface area contributed by atoms with Gasteiger partial charge < -0.3 is 5.73 Å². The summed E-state index contributed by atoms with van der Waals surface area (Å²) < 4.78 is 0. The molecular weight excluding hydrogens is 290 g/mol. The number of carbonyl (C=O) groups excluding carboxylic acids is 1. The molecule has 2 amide bonds. The number of urea groups is 1. The topological polar surface area (TPSA) is 79.4 Å². The Hall–Kier alpha value is -3.10. The fourth-order valence-corrected chi connectivity index (χ4v) is 1.82. The summed E-state index contributed by atoms with van der Waals surface area (Å²) in [4.78, 5) is 15.1. The van der Waals surface area contributed by atoms with Gasteiger partial charge in [-0.2, -0.15) is 5.06 Å². The maximum Gasteiger partial charge on any atom is 0.339 e. The number of rotatable bonds is 3. The third-order valence-electron chi connectivity index (χ3n) is 3.04. The van der Waals surface area contributed by atoms with Crippen LogP contribution in [0.2, 0.25) is 0 Å². The quantitative estimate of drug-likeness (QED) is 0.520. The molecule has 1 aromatic heterocycles. The van der Waals surface area contributed by atoms with Crippen LogP contribution in [0, 0.1) is 11.8 Å². The zero-order valence-corrected chi connectivity index (χ0v) is 12.7. The summed E-state index contributed by atoms with van der Waals surface area (Å²) in [5.41, 5.74) is 7.60. The second kappa shape index (κ2) is 7.78. The molecule has 0 aliphatic rings. The van der Waals surface area contributed by atoms with Crippen LogP contribution in [-0.2, 0) is 0 Å². The second-order valence-corrected chi connectivity index (χ2v) is 4.84. The van der Waals surface area contributed by atoms with Crippen molar-refractivity contribution in [2.24, 2.45) is 5.73 Å². The molecular formula is C18H17N3O2. The molecule has 5 nitrogen and oxygen atoms in total. The Balaban J connectivity index is 2.12. The fourth-order valence-electron chi connectivity index (χ4n) is 1.82. The maximum absolute atomic E-state index is 10.8. The smallest absolute Gasteiger partial charge is 0.339 e. The van der Waals surface area contributed by atoms with Gasteiger partial charge in [0.05, 0.1) is 5.69 Å². The first-order valence-corrected chi connectivity index (χ1v) is 7.04. The highest BCUT2D eigenvalue weighted by atomic mass is 16.5. The first kappa shape index (κ1) is 16.3. The van der Waals surface area contributed by atoms with Crippen LogP contribution in [0.1, 0.15) is 23.7 Å². The lowest BCUT2D eigenvalue weighted by Crippen LogP contribution is -2.38. The second-order valence-electron chi connectivity index (χ2n) is 4.84. The van der Waals surface area contributed by atoms with E-state index in [1.807, 2.05) is 54.6 Å². The highest BCUT2D eigenvalue weighted by Gasteiger charge is 2.11. The lowest BCUT2D eigenvalue weighted by molar-refractivity contribution is -0.0536. The number of hydroxylamine groups is 2. The number of primary amides is 1. The van der Waals surface area contributed by atoms with Crippen LogP contribution in [0.15, 0.2) is 48.7 Å². The predicted molar refractivity (Wildman–Crippen MR) is 89.2 cm³/mol. The van der Waals surface area contributed by atoms with Crippen molar-refractivity contribution in [3.8, 4) is 11.8 Å². The van der Waals surface area contributed by atoms with E-state index in [1.54, 1.807) is 13.1 Å². The minimum Gasteiger partial charge on any atom is -0.350 e. The van der Waals surface area contributed by atoms with E-state index in [-0.39, 0.29) is 0 Å². The number of carbonyl (C=O) groups is 1. The van der Waals surface area contributed by atoms with E-state index in [1.165, 1.54) is 0 Å². The molecule has 1 aromatic carbocycles. The van der Waals surface area contributed by atoms with Gasteiger partial charge in [0.15, 0.2) is 0 Å². The van der Waals surface area contributed by atoms with Gasteiger partial charge in [-0.25, -0.2) is 4.79 Å². The van der Waals surface area contributed by atoms with Crippen molar-refractivity contribution in [2.75, 3.05) is 0 Å². The molecule has 0 fully saturated rings. The molecule has 5 heteroatoms. The van der Waals surface area contributed by atoms with Gasteiger partial charge in [-0.05, 0) is 42.8 Å². The zero-order chi connectivity index (χ0) is 16.7. The van der Waals surface area contributed by atoms with Crippen LogP contribution in [0.5, 0.6) is 0 Å². The van der Waals surface area contributed by atoms with E-state index in [0.29, 0.717) is 5.06 Å². The van der Waals surface area contributed by atoms with Crippen LogP contribution < -0.4 is 5.73 Å². The molecule has 0 radical (unpaired) electrons. The average Bonchev–Trinajstić information content (AvgIpc) is 2.58. The summed E-state index contributed by atoms with van der Waals surface area (Å²) >= 11 is 0. The summed E-state index contributed by atoms with van der Waals surface area (Å²) in [6.07, 6.45) is 5.60. The van der Waals surface area contributed by atoms with Crippen LogP contribution in [0.4, 0.5) is 4.79 Å². The first-order valence-electron chi connectivity index (χ1n) is 7.04. The highest BCUT2D eigenvalue weighted by Crippen LogP contribution is 2.09. The van der Waals surface area contributed by atoms with Gasteiger partial charge in [-0.3, -0.25) is 10.2 Å². The third-order valence-corrected chi connectivity index (χ3v) is 3.04. The average molecular weight is 307 g/mol. The Labute approximate surface area is 135 Å². The maximum atomic E-state index is 10.8. The van der Waals surface area contributed by atoms with E-state index in [0.717, 1.165) is 16.8 Å². The number of nitrogens with two attached hydrogens (primary N) is 1. The predicted octanol–water partition coefficient (Wildman–Crippen LogP) is 2.76. The van der Waals surface area contributed by atoms with Crippen LogP contribution >= 0.6 is 0 Å². The molecule has 3 N–H and O–H groups in total. The van der Waals surface area contributed by atoms with Gasteiger partial charge in [0.25, 0.3) is 0 Å². The lowest BCUT2D eigenvalue weighted by Gasteiger charge is -2.14. The van der Waals surface area contributed by atoms with E-state index < -0.39 is 12.1 Å². The molecule has 2 rings (SSSR count). The fraction of sp³-hybridized carbons (Fsp3) is 0.111. The Morgan fingerprint density at radius 1 is 1.30 bits per heavy atom. The van der Waals surface area contributed by atoms with Crippen molar-refractivity contribution in [3.05, 3.63) is 65.5 Å². The van der Waals surface area contributed by atoms with Gasteiger partial charge >= 0.3 is 6.03 Å². The molecule has 0 saturated heterocycles. The lowest BCUT2D eigenvalue weighted by atomic mass is 10.1. The largest absolute Gasteiger partial charge is 0.350 e. The highest BCUT2D eigenvalue weighted by molar-refractivity contribution is 5.71. The SMILES string of the molecule is CC(C#Cc1cccc(/C=C/c2ccccn2)c1)N(O)C(N)=O. The third kappa shape index (κ3) is 4.99. The molecule has 0 spiro atoms. The molecule has 1 atom stereocenters. The molecule has 1 heterocycles. The Kier molecular flexibility index (Phi) is 5.50. The van der Waals surface area contributed by atoms with E-state index in [4.69, 9.17) is 5.73 Å². The summed E-state index contributed by atoms with van der Waals surface area (Å²) in [7, 11) is 0. The Morgan fingerprint density at radius 3 is 2.83 bits per heavy atom.